The Morgan fingerprint density at radius 3 is 2.67 bits per heavy atom. The van der Waals surface area contributed by atoms with Gasteiger partial charge in [0.2, 0.25) is 5.91 Å². The van der Waals surface area contributed by atoms with Gasteiger partial charge in [0.05, 0.1) is 5.25 Å². The number of aromatic nitrogens is 2. The van der Waals surface area contributed by atoms with Crippen LogP contribution in [0.4, 0.5) is 11.5 Å². The van der Waals surface area contributed by atoms with Crippen LogP contribution in [0.3, 0.4) is 0 Å². The predicted molar refractivity (Wildman–Crippen MR) is 84.4 cm³/mol. The Kier molecular flexibility index (Phi) is 4.64. The van der Waals surface area contributed by atoms with Gasteiger partial charge in [0, 0.05) is 11.8 Å². The SMILES string of the molecule is Cc1ccc(NC(=O)[C@@H](C)Sc2nc(N)cc(=O)[nH]2)cc1. The van der Waals surface area contributed by atoms with E-state index in [4.69, 9.17) is 5.73 Å². The zero-order chi connectivity index (χ0) is 15.4. The Labute approximate surface area is 126 Å². The number of nitrogen functional groups attached to an aromatic ring is 1. The Morgan fingerprint density at radius 2 is 2.05 bits per heavy atom. The number of carbonyl (C=O) groups is 1. The third-order valence-electron chi connectivity index (χ3n) is 2.72. The molecule has 1 amide bonds. The van der Waals surface area contributed by atoms with Crippen molar-refractivity contribution < 1.29 is 4.79 Å². The highest BCUT2D eigenvalue weighted by atomic mass is 32.2. The van der Waals surface area contributed by atoms with Crippen LogP contribution in [0.15, 0.2) is 40.3 Å². The molecule has 1 atom stereocenters. The molecule has 4 N–H and O–H groups in total. The summed E-state index contributed by atoms with van der Waals surface area (Å²) in [6.45, 7) is 3.71. The van der Waals surface area contributed by atoms with Gasteiger partial charge in [-0.25, -0.2) is 4.98 Å². The number of thioether (sulfide) groups is 1. The number of aromatic amines is 1. The molecule has 21 heavy (non-hydrogen) atoms. The zero-order valence-corrected chi connectivity index (χ0v) is 12.5. The molecule has 2 rings (SSSR count). The quantitative estimate of drug-likeness (QED) is 0.590. The summed E-state index contributed by atoms with van der Waals surface area (Å²) in [7, 11) is 0. The minimum atomic E-state index is -0.420. The van der Waals surface area contributed by atoms with E-state index in [9.17, 15) is 9.59 Å². The van der Waals surface area contributed by atoms with Crippen molar-refractivity contribution in [1.29, 1.82) is 0 Å². The Morgan fingerprint density at radius 1 is 1.38 bits per heavy atom. The summed E-state index contributed by atoms with van der Waals surface area (Å²) < 4.78 is 0. The van der Waals surface area contributed by atoms with Crippen LogP contribution in [-0.4, -0.2) is 21.1 Å². The molecular formula is C14H16N4O2S. The van der Waals surface area contributed by atoms with Crippen molar-refractivity contribution in [2.24, 2.45) is 0 Å². The first-order valence-corrected chi connectivity index (χ1v) is 7.23. The molecule has 110 valence electrons. The summed E-state index contributed by atoms with van der Waals surface area (Å²) in [4.78, 5) is 29.9. The summed E-state index contributed by atoms with van der Waals surface area (Å²) in [6, 6.07) is 8.71. The van der Waals surface area contributed by atoms with Gasteiger partial charge in [-0.05, 0) is 26.0 Å². The van der Waals surface area contributed by atoms with Crippen molar-refractivity contribution in [2.45, 2.75) is 24.3 Å². The second-order valence-electron chi connectivity index (χ2n) is 4.59. The molecule has 0 aliphatic rings. The molecule has 7 heteroatoms. The Balaban J connectivity index is 2.02. The molecule has 0 bridgehead atoms. The molecule has 0 aliphatic heterocycles. The Bertz CT molecular complexity index is 697. The molecule has 6 nitrogen and oxygen atoms in total. The van der Waals surface area contributed by atoms with Crippen molar-refractivity contribution in [2.75, 3.05) is 11.1 Å². The van der Waals surface area contributed by atoms with Gasteiger partial charge < -0.3 is 16.0 Å². The minimum Gasteiger partial charge on any atom is -0.383 e. The van der Waals surface area contributed by atoms with Gasteiger partial charge in [0.1, 0.15) is 5.82 Å². The lowest BCUT2D eigenvalue weighted by molar-refractivity contribution is -0.115. The fraction of sp³-hybridized carbons (Fsp3) is 0.214. The highest BCUT2D eigenvalue weighted by Crippen LogP contribution is 2.20. The van der Waals surface area contributed by atoms with E-state index in [2.05, 4.69) is 15.3 Å². The van der Waals surface area contributed by atoms with Gasteiger partial charge in [-0.3, -0.25) is 9.59 Å². The van der Waals surface area contributed by atoms with Crippen LogP contribution >= 0.6 is 11.8 Å². The van der Waals surface area contributed by atoms with Crippen LogP contribution in [0.25, 0.3) is 0 Å². The lowest BCUT2D eigenvalue weighted by atomic mass is 10.2. The number of anilines is 2. The summed E-state index contributed by atoms with van der Waals surface area (Å²) in [5.41, 5.74) is 7.02. The molecule has 1 aromatic carbocycles. The number of amides is 1. The molecule has 0 unspecified atom stereocenters. The average molecular weight is 304 g/mol. The molecule has 0 saturated heterocycles. The first kappa shape index (κ1) is 15.1. The molecule has 0 spiro atoms. The van der Waals surface area contributed by atoms with Gasteiger partial charge in [0.15, 0.2) is 5.16 Å². The fourth-order valence-electron chi connectivity index (χ4n) is 1.61. The first-order valence-electron chi connectivity index (χ1n) is 6.35. The monoisotopic (exact) mass is 304 g/mol. The highest BCUT2D eigenvalue weighted by molar-refractivity contribution is 8.00. The van der Waals surface area contributed by atoms with Crippen molar-refractivity contribution in [3.63, 3.8) is 0 Å². The van der Waals surface area contributed by atoms with Crippen molar-refractivity contribution >= 4 is 29.2 Å². The van der Waals surface area contributed by atoms with Crippen LogP contribution in [0.2, 0.25) is 0 Å². The van der Waals surface area contributed by atoms with Crippen molar-refractivity contribution in [1.82, 2.24) is 9.97 Å². The lowest BCUT2D eigenvalue weighted by Gasteiger charge is -2.11. The molecule has 0 radical (unpaired) electrons. The number of benzene rings is 1. The number of nitrogens with two attached hydrogens (primary N) is 1. The molecule has 0 aliphatic carbocycles. The van der Waals surface area contributed by atoms with Crippen LogP contribution in [0.1, 0.15) is 12.5 Å². The number of H-pyrrole nitrogens is 1. The van der Waals surface area contributed by atoms with Gasteiger partial charge in [-0.1, -0.05) is 29.5 Å². The van der Waals surface area contributed by atoms with E-state index >= 15 is 0 Å². The van der Waals surface area contributed by atoms with Crippen molar-refractivity contribution in [3.8, 4) is 0 Å². The molecule has 1 aromatic heterocycles. The largest absolute Gasteiger partial charge is 0.383 e. The van der Waals surface area contributed by atoms with E-state index in [1.165, 1.54) is 6.07 Å². The number of hydrogen-bond acceptors (Lipinski definition) is 5. The van der Waals surface area contributed by atoms with Gasteiger partial charge >= 0.3 is 0 Å². The van der Waals surface area contributed by atoms with Crippen molar-refractivity contribution in [3.05, 3.63) is 46.2 Å². The standard InChI is InChI=1S/C14H16N4O2S/c1-8-3-5-10(6-4-8)16-13(20)9(2)21-14-17-11(15)7-12(19)18-14/h3-7,9H,1-2H3,(H,16,20)(H3,15,17,18,19)/t9-/m1/s1. The molecule has 0 fully saturated rings. The molecule has 0 saturated carbocycles. The lowest BCUT2D eigenvalue weighted by Crippen LogP contribution is -2.23. The smallest absolute Gasteiger partial charge is 0.253 e. The van der Waals surface area contributed by atoms with Gasteiger partial charge in [0.25, 0.3) is 5.56 Å². The molecular weight excluding hydrogens is 288 g/mol. The number of rotatable bonds is 4. The average Bonchev–Trinajstić information content (AvgIpc) is 2.40. The molecule has 1 heterocycles. The molecule has 2 aromatic rings. The highest BCUT2D eigenvalue weighted by Gasteiger charge is 2.16. The normalized spacial score (nSPS) is 11.9. The number of aryl methyl sites for hydroxylation is 1. The fourth-order valence-corrected chi connectivity index (χ4v) is 2.43. The summed E-state index contributed by atoms with van der Waals surface area (Å²) in [5.74, 6) is -0.0404. The van der Waals surface area contributed by atoms with Gasteiger partial charge in [-0.15, -0.1) is 0 Å². The first-order chi connectivity index (χ1) is 9.94. The number of carbonyl (C=O) groups excluding carboxylic acids is 1. The Hall–Kier alpha value is -2.28. The summed E-state index contributed by atoms with van der Waals surface area (Å²) in [6.07, 6.45) is 0. The minimum absolute atomic E-state index is 0.132. The van der Waals surface area contributed by atoms with Gasteiger partial charge in [-0.2, -0.15) is 0 Å². The number of nitrogens with one attached hydrogen (secondary N) is 2. The van der Waals surface area contributed by atoms with Crippen LogP contribution in [0.5, 0.6) is 0 Å². The van der Waals surface area contributed by atoms with E-state index in [-0.39, 0.29) is 17.3 Å². The zero-order valence-electron chi connectivity index (χ0n) is 11.7. The van der Waals surface area contributed by atoms with Crippen LogP contribution in [-0.2, 0) is 4.79 Å². The summed E-state index contributed by atoms with van der Waals surface area (Å²) >= 11 is 1.14. The number of nitrogens with zero attached hydrogens (tertiary/aromatic N) is 1. The maximum atomic E-state index is 12.1. The second-order valence-corrected chi connectivity index (χ2v) is 5.92. The van der Waals surface area contributed by atoms with E-state index in [1.54, 1.807) is 6.92 Å². The van der Waals surface area contributed by atoms with Crippen LogP contribution < -0.4 is 16.6 Å². The van der Waals surface area contributed by atoms with E-state index in [1.807, 2.05) is 31.2 Å². The van der Waals surface area contributed by atoms with E-state index in [0.29, 0.717) is 5.16 Å². The number of hydrogen-bond donors (Lipinski definition) is 3. The van der Waals surface area contributed by atoms with Crippen LogP contribution in [0, 0.1) is 6.92 Å². The third-order valence-corrected chi connectivity index (χ3v) is 3.70. The maximum absolute atomic E-state index is 12.1. The predicted octanol–water partition coefficient (Wildman–Crippen LogP) is 1.78. The maximum Gasteiger partial charge on any atom is 0.253 e. The summed E-state index contributed by atoms with van der Waals surface area (Å²) in [5, 5.41) is 2.71. The second kappa shape index (κ2) is 6.45. The van der Waals surface area contributed by atoms with E-state index < -0.39 is 5.25 Å². The van der Waals surface area contributed by atoms with E-state index in [0.717, 1.165) is 23.0 Å². The third kappa shape index (κ3) is 4.35. The topological polar surface area (TPSA) is 101 Å².